The van der Waals surface area contributed by atoms with Crippen LogP contribution in [0, 0.1) is 11.6 Å². The van der Waals surface area contributed by atoms with Gasteiger partial charge in [-0.1, -0.05) is 74.5 Å². The molecule has 12 nitrogen and oxygen atoms in total. The number of carbonyl (C=O) groups is 3. The predicted octanol–water partition coefficient (Wildman–Crippen LogP) is 5.83. The van der Waals surface area contributed by atoms with Crippen molar-refractivity contribution in [3.8, 4) is 11.1 Å². The van der Waals surface area contributed by atoms with E-state index in [-0.39, 0.29) is 30.9 Å². The zero-order chi connectivity index (χ0) is 44.9. The van der Waals surface area contributed by atoms with Crippen LogP contribution in [0.15, 0.2) is 95.8 Å². The molecule has 1 heterocycles. The first kappa shape index (κ1) is 47.6. The first-order valence-electron chi connectivity index (χ1n) is 19.4. The molecule has 1 aromatic heterocycles. The largest absolute Gasteiger partial charge is 0.479 e. The first-order chi connectivity index (χ1) is 28.9. The number of likely N-dealkylation sites (N-methyl/N-ethyl adjacent to an activating group) is 1. The van der Waals surface area contributed by atoms with Gasteiger partial charge in [0.2, 0.25) is 5.91 Å². The van der Waals surface area contributed by atoms with Crippen LogP contribution in [0.1, 0.15) is 42.8 Å². The summed E-state index contributed by atoms with van der Waals surface area (Å²) in [4.78, 5) is 54.9. The number of aliphatic hydroxyl groups is 2. The van der Waals surface area contributed by atoms with Gasteiger partial charge in [0.15, 0.2) is 23.8 Å². The highest BCUT2D eigenvalue weighted by Gasteiger charge is 2.30. The van der Waals surface area contributed by atoms with Gasteiger partial charge in [-0.05, 0) is 84.9 Å². The van der Waals surface area contributed by atoms with Gasteiger partial charge in [0, 0.05) is 26.1 Å². The number of carboxylic acid groups (broad SMARTS) is 2. The number of alkyl halides is 3. The molecule has 0 aliphatic carbocycles. The Labute approximate surface area is 348 Å². The van der Waals surface area contributed by atoms with E-state index in [2.05, 4.69) is 23.7 Å². The molecule has 0 aliphatic rings. The summed E-state index contributed by atoms with van der Waals surface area (Å²) in [5, 5.41) is 32.9. The van der Waals surface area contributed by atoms with Gasteiger partial charge in [0.25, 0.3) is 5.56 Å². The van der Waals surface area contributed by atoms with Crippen LogP contribution in [-0.4, -0.2) is 103 Å². The van der Waals surface area contributed by atoms with Crippen molar-refractivity contribution in [1.29, 1.82) is 0 Å². The van der Waals surface area contributed by atoms with Gasteiger partial charge in [-0.2, -0.15) is 18.2 Å². The van der Waals surface area contributed by atoms with Crippen LogP contribution in [0.5, 0.6) is 0 Å². The molecule has 61 heavy (non-hydrogen) atoms. The maximum absolute atomic E-state index is 14.5. The number of aryl methyl sites for hydroxylation is 3. The van der Waals surface area contributed by atoms with Gasteiger partial charge in [0.05, 0.1) is 16.5 Å². The lowest BCUT2D eigenvalue weighted by atomic mass is 10.0. The lowest BCUT2D eigenvalue weighted by Gasteiger charge is -2.28. The number of fused-ring (bicyclic) bond motifs is 1. The topological polar surface area (TPSA) is 174 Å². The van der Waals surface area contributed by atoms with Crippen molar-refractivity contribution in [1.82, 2.24) is 19.4 Å². The van der Waals surface area contributed by atoms with E-state index in [1.54, 1.807) is 28.8 Å². The Hall–Kier alpha value is -6.04. The standard InChI is InChI=1S/C40H41F5N4O2.C4H6O6/c1-3-47(4-2)25-26-48(24-8-9-28-14-16-29(17-15-28)30-18-21-32(22-19-30)40(43,44)45)37(50)27-49-35-13-6-5-11-33(35)39(51)46-36(49)23-20-31-10-7-12-34(41)38(31)42;5-1(3(7)8)2(6)4(9)10/h5-7,10-19,21-22H,3-4,8-9,20,23-27H2,1-2H3;1-2,5-6H,(H,7,8)(H,9,10). The molecule has 0 radical (unpaired) electrons. The molecule has 326 valence electrons. The zero-order valence-corrected chi connectivity index (χ0v) is 33.5. The number of aliphatic hydroxyl groups excluding tert-OH is 2. The van der Waals surface area contributed by atoms with E-state index in [0.717, 1.165) is 42.4 Å². The molecule has 0 bridgehead atoms. The number of aliphatic carboxylic acids is 2. The summed E-state index contributed by atoms with van der Waals surface area (Å²) in [6, 6.07) is 23.6. The molecule has 0 aliphatic heterocycles. The maximum atomic E-state index is 14.5. The number of hydrogen-bond donors (Lipinski definition) is 4. The van der Waals surface area contributed by atoms with E-state index in [0.29, 0.717) is 54.8 Å². The number of rotatable bonds is 18. The average molecular weight is 855 g/mol. The van der Waals surface area contributed by atoms with Crippen LogP contribution >= 0.6 is 0 Å². The fourth-order valence-electron chi connectivity index (χ4n) is 6.48. The summed E-state index contributed by atoms with van der Waals surface area (Å²) in [6.45, 7) is 7.34. The van der Waals surface area contributed by atoms with Crippen molar-refractivity contribution in [2.45, 2.75) is 64.5 Å². The number of hydrogen-bond acceptors (Lipinski definition) is 8. The Morgan fingerprint density at radius 3 is 1.90 bits per heavy atom. The van der Waals surface area contributed by atoms with Crippen molar-refractivity contribution >= 4 is 28.7 Å². The molecule has 5 aromatic rings. The average Bonchev–Trinajstić information content (AvgIpc) is 3.24. The molecule has 4 aromatic carbocycles. The second kappa shape index (κ2) is 22.0. The SMILES string of the molecule is CCN(CC)CCN(CCCc1ccc(-c2ccc(C(F)(F)F)cc2)cc1)C(=O)Cn1c(CCc2cccc(F)c2F)nc(=O)c2ccccc21.O=C(O)C(O)C(O)C(=O)O. The molecule has 2 atom stereocenters. The molecule has 17 heteroatoms. The maximum Gasteiger partial charge on any atom is 0.416 e. The third-order valence-corrected chi connectivity index (χ3v) is 10.0. The van der Waals surface area contributed by atoms with Crippen LogP contribution in [0.25, 0.3) is 22.0 Å². The quantitative estimate of drug-likeness (QED) is 0.0787. The summed E-state index contributed by atoms with van der Waals surface area (Å²) in [7, 11) is 0. The number of para-hydroxylation sites is 1. The van der Waals surface area contributed by atoms with Crippen molar-refractivity contribution in [2.75, 3.05) is 32.7 Å². The van der Waals surface area contributed by atoms with Crippen LogP contribution in [0.4, 0.5) is 22.0 Å². The lowest BCUT2D eigenvalue weighted by Crippen LogP contribution is -2.41. The Morgan fingerprint density at radius 2 is 1.33 bits per heavy atom. The molecule has 1 amide bonds. The van der Waals surface area contributed by atoms with E-state index in [4.69, 9.17) is 20.4 Å². The first-order valence-corrected chi connectivity index (χ1v) is 19.4. The molecular weight excluding hydrogens is 807 g/mol. The van der Waals surface area contributed by atoms with E-state index in [1.165, 1.54) is 24.3 Å². The van der Waals surface area contributed by atoms with Crippen LogP contribution in [0.3, 0.4) is 0 Å². The minimum atomic E-state index is -4.39. The van der Waals surface area contributed by atoms with Crippen LogP contribution in [0.2, 0.25) is 0 Å². The molecule has 0 fully saturated rings. The monoisotopic (exact) mass is 854 g/mol. The van der Waals surface area contributed by atoms with Crippen molar-refractivity contribution < 1.29 is 56.8 Å². The van der Waals surface area contributed by atoms with Gasteiger partial charge in [0.1, 0.15) is 12.4 Å². The van der Waals surface area contributed by atoms with Crippen molar-refractivity contribution in [3.63, 3.8) is 0 Å². The molecule has 0 saturated carbocycles. The minimum Gasteiger partial charge on any atom is -0.479 e. The fraction of sp³-hybridized carbons (Fsp3) is 0.341. The molecule has 4 N–H and O–H groups in total. The third kappa shape index (κ3) is 13.2. The lowest BCUT2D eigenvalue weighted by molar-refractivity contribution is -0.165. The molecule has 5 rings (SSSR count). The highest BCUT2D eigenvalue weighted by molar-refractivity contribution is 5.83. The fourth-order valence-corrected chi connectivity index (χ4v) is 6.48. The van der Waals surface area contributed by atoms with Gasteiger partial charge < -0.3 is 34.8 Å². The summed E-state index contributed by atoms with van der Waals surface area (Å²) in [5.41, 5.74) is 2.08. The zero-order valence-electron chi connectivity index (χ0n) is 33.5. The van der Waals surface area contributed by atoms with Gasteiger partial charge in [-0.3, -0.25) is 9.59 Å². The molecule has 0 spiro atoms. The van der Waals surface area contributed by atoms with Crippen molar-refractivity contribution in [3.05, 3.63) is 135 Å². The highest BCUT2D eigenvalue weighted by Crippen LogP contribution is 2.31. The molecule has 2 unspecified atom stereocenters. The van der Waals surface area contributed by atoms with Gasteiger partial charge >= 0.3 is 18.1 Å². The van der Waals surface area contributed by atoms with E-state index in [1.807, 2.05) is 29.2 Å². The minimum absolute atomic E-state index is 0.0885. The smallest absolute Gasteiger partial charge is 0.416 e. The van der Waals surface area contributed by atoms with Gasteiger partial charge in [-0.25, -0.2) is 18.4 Å². The molecule has 0 saturated heterocycles. The second-order valence-corrected chi connectivity index (χ2v) is 14.0. The predicted molar refractivity (Wildman–Crippen MR) is 217 cm³/mol. The van der Waals surface area contributed by atoms with E-state index >= 15 is 0 Å². The Morgan fingerprint density at radius 1 is 0.738 bits per heavy atom. The summed E-state index contributed by atoms with van der Waals surface area (Å²) in [6.07, 6.45) is -7.37. The molecular formula is C44H47F5N4O8. The number of halogens is 5. The van der Waals surface area contributed by atoms with Crippen LogP contribution < -0.4 is 5.56 Å². The third-order valence-electron chi connectivity index (χ3n) is 10.0. The summed E-state index contributed by atoms with van der Waals surface area (Å²) < 4.78 is 69.0. The number of nitrogens with zero attached hydrogens (tertiary/aromatic N) is 4. The number of aromatic nitrogens is 2. The summed E-state index contributed by atoms with van der Waals surface area (Å²) >= 11 is 0. The Balaban J connectivity index is 0.000000727. The normalized spacial score (nSPS) is 12.4. The number of benzene rings is 4. The number of carboxylic acids is 2. The number of amides is 1. The van der Waals surface area contributed by atoms with E-state index in [9.17, 15) is 41.1 Å². The Bertz CT molecular complexity index is 2300. The second-order valence-electron chi connectivity index (χ2n) is 14.0. The van der Waals surface area contributed by atoms with Gasteiger partial charge in [-0.15, -0.1) is 0 Å². The number of carbonyl (C=O) groups excluding carboxylic acids is 1. The Kier molecular flexibility index (Phi) is 17.2. The van der Waals surface area contributed by atoms with Crippen LogP contribution in [-0.2, 0) is 46.4 Å². The highest BCUT2D eigenvalue weighted by atomic mass is 19.4. The summed E-state index contributed by atoms with van der Waals surface area (Å²) in [5.74, 6) is -5.28. The van der Waals surface area contributed by atoms with Crippen molar-refractivity contribution in [2.24, 2.45) is 0 Å². The van der Waals surface area contributed by atoms with E-state index < -0.39 is 53.1 Å².